The SMILES string of the molecule is CC(F)(F)CCCCc1ccccc1. The van der Waals surface area contributed by atoms with E-state index in [9.17, 15) is 8.78 Å². The van der Waals surface area contributed by atoms with Gasteiger partial charge in [0.05, 0.1) is 0 Å². The second-order valence-corrected chi connectivity index (χ2v) is 3.76. The molecule has 0 N–H and O–H groups in total. The molecule has 0 unspecified atom stereocenters. The summed E-state index contributed by atoms with van der Waals surface area (Å²) in [6.07, 6.45) is 2.34. The summed E-state index contributed by atoms with van der Waals surface area (Å²) in [6.45, 7) is 0.982. The van der Waals surface area contributed by atoms with Crippen molar-refractivity contribution < 1.29 is 8.78 Å². The summed E-state index contributed by atoms with van der Waals surface area (Å²) in [5.74, 6) is -2.50. The largest absolute Gasteiger partial charge is 0.245 e. The van der Waals surface area contributed by atoms with Crippen molar-refractivity contribution in [2.45, 2.75) is 38.5 Å². The van der Waals surface area contributed by atoms with Crippen LogP contribution in [0.2, 0.25) is 0 Å². The van der Waals surface area contributed by atoms with E-state index in [0.717, 1.165) is 19.8 Å². The van der Waals surface area contributed by atoms with Gasteiger partial charge in [0, 0.05) is 6.42 Å². The van der Waals surface area contributed by atoms with Crippen LogP contribution in [-0.4, -0.2) is 5.92 Å². The van der Waals surface area contributed by atoms with Crippen molar-refractivity contribution in [3.05, 3.63) is 35.9 Å². The van der Waals surface area contributed by atoms with Gasteiger partial charge in [0.2, 0.25) is 5.92 Å². The number of rotatable bonds is 5. The number of hydrogen-bond acceptors (Lipinski definition) is 0. The number of aryl methyl sites for hydroxylation is 1. The van der Waals surface area contributed by atoms with Crippen molar-refractivity contribution in [3.63, 3.8) is 0 Å². The molecule has 14 heavy (non-hydrogen) atoms. The number of hydrogen-bond donors (Lipinski definition) is 0. The molecule has 0 fully saturated rings. The molecular weight excluding hydrogens is 182 g/mol. The quantitative estimate of drug-likeness (QED) is 0.626. The molecule has 0 saturated carbocycles. The minimum atomic E-state index is -2.50. The van der Waals surface area contributed by atoms with Crippen molar-refractivity contribution >= 4 is 0 Å². The van der Waals surface area contributed by atoms with Gasteiger partial charge in [-0.15, -0.1) is 0 Å². The van der Waals surface area contributed by atoms with Gasteiger partial charge in [-0.1, -0.05) is 30.3 Å². The number of alkyl halides is 2. The molecule has 0 aromatic heterocycles. The van der Waals surface area contributed by atoms with E-state index in [2.05, 4.69) is 0 Å². The monoisotopic (exact) mass is 198 g/mol. The Balaban J connectivity index is 2.17. The van der Waals surface area contributed by atoms with Crippen molar-refractivity contribution in [1.29, 1.82) is 0 Å². The number of benzene rings is 1. The van der Waals surface area contributed by atoms with Crippen molar-refractivity contribution in [2.75, 3.05) is 0 Å². The summed E-state index contributed by atoms with van der Waals surface area (Å²) >= 11 is 0. The van der Waals surface area contributed by atoms with Crippen LogP contribution in [0.3, 0.4) is 0 Å². The van der Waals surface area contributed by atoms with Crippen molar-refractivity contribution in [1.82, 2.24) is 0 Å². The molecule has 1 rings (SSSR count). The predicted molar refractivity (Wildman–Crippen MR) is 54.6 cm³/mol. The second kappa shape index (κ2) is 5.08. The van der Waals surface area contributed by atoms with Crippen LogP contribution >= 0.6 is 0 Å². The summed E-state index contributed by atoms with van der Waals surface area (Å²) < 4.78 is 24.9. The second-order valence-electron chi connectivity index (χ2n) is 3.76. The molecule has 0 bridgehead atoms. The molecule has 1 aromatic carbocycles. The summed E-state index contributed by atoms with van der Waals surface area (Å²) in [6, 6.07) is 9.98. The molecule has 0 radical (unpaired) electrons. The van der Waals surface area contributed by atoms with Gasteiger partial charge in [-0.05, 0) is 31.7 Å². The van der Waals surface area contributed by atoms with Crippen molar-refractivity contribution in [3.8, 4) is 0 Å². The highest BCUT2D eigenvalue weighted by atomic mass is 19.3. The fourth-order valence-electron chi connectivity index (χ4n) is 1.41. The lowest BCUT2D eigenvalue weighted by Crippen LogP contribution is -2.08. The summed E-state index contributed by atoms with van der Waals surface area (Å²) in [4.78, 5) is 0. The summed E-state index contributed by atoms with van der Waals surface area (Å²) in [7, 11) is 0. The van der Waals surface area contributed by atoms with E-state index in [1.165, 1.54) is 5.56 Å². The molecular formula is C12H16F2. The first-order valence-corrected chi connectivity index (χ1v) is 5.00. The topological polar surface area (TPSA) is 0 Å². The Hall–Kier alpha value is -0.920. The third kappa shape index (κ3) is 4.95. The zero-order valence-electron chi connectivity index (χ0n) is 8.47. The molecule has 1 aromatic rings. The highest BCUT2D eigenvalue weighted by Crippen LogP contribution is 2.20. The van der Waals surface area contributed by atoms with Gasteiger partial charge >= 0.3 is 0 Å². The average molecular weight is 198 g/mol. The first-order chi connectivity index (χ1) is 6.58. The van der Waals surface area contributed by atoms with Crippen LogP contribution in [-0.2, 0) is 6.42 Å². The smallest absolute Gasteiger partial charge is 0.207 e. The summed E-state index contributed by atoms with van der Waals surface area (Å²) in [5, 5.41) is 0. The molecule has 0 heterocycles. The van der Waals surface area contributed by atoms with Crippen LogP contribution < -0.4 is 0 Å². The van der Waals surface area contributed by atoms with E-state index in [1.807, 2.05) is 30.3 Å². The van der Waals surface area contributed by atoms with Crippen LogP contribution in [0.5, 0.6) is 0 Å². The third-order valence-electron chi connectivity index (χ3n) is 2.17. The van der Waals surface area contributed by atoms with Gasteiger partial charge in [0.1, 0.15) is 0 Å². The van der Waals surface area contributed by atoms with Crippen LogP contribution in [0.4, 0.5) is 8.78 Å². The van der Waals surface area contributed by atoms with E-state index in [0.29, 0.717) is 6.42 Å². The Morgan fingerprint density at radius 1 is 1.07 bits per heavy atom. The maximum atomic E-state index is 12.4. The van der Waals surface area contributed by atoms with Crippen molar-refractivity contribution in [2.24, 2.45) is 0 Å². The molecule has 2 heteroatoms. The van der Waals surface area contributed by atoms with Gasteiger partial charge in [-0.3, -0.25) is 0 Å². The molecule has 0 aliphatic rings. The zero-order chi connectivity index (χ0) is 10.4. The Kier molecular flexibility index (Phi) is 4.05. The third-order valence-corrected chi connectivity index (χ3v) is 2.17. The fourth-order valence-corrected chi connectivity index (χ4v) is 1.41. The molecule has 0 saturated heterocycles. The Labute approximate surface area is 84.0 Å². The maximum Gasteiger partial charge on any atom is 0.245 e. The fraction of sp³-hybridized carbons (Fsp3) is 0.500. The lowest BCUT2D eigenvalue weighted by Gasteiger charge is -2.08. The van der Waals surface area contributed by atoms with Crippen LogP contribution in [0, 0.1) is 0 Å². The standard InChI is InChI=1S/C12H16F2/c1-12(13,14)10-6-5-9-11-7-3-2-4-8-11/h2-4,7-8H,5-6,9-10H2,1H3. The van der Waals surface area contributed by atoms with E-state index in [1.54, 1.807) is 0 Å². The van der Waals surface area contributed by atoms with E-state index < -0.39 is 5.92 Å². The first-order valence-electron chi connectivity index (χ1n) is 5.00. The first kappa shape index (κ1) is 11.2. The molecule has 0 spiro atoms. The Morgan fingerprint density at radius 2 is 1.71 bits per heavy atom. The van der Waals surface area contributed by atoms with Gasteiger partial charge in [0.15, 0.2) is 0 Å². The number of halogens is 2. The molecule has 0 amide bonds. The van der Waals surface area contributed by atoms with Gasteiger partial charge in [0.25, 0.3) is 0 Å². The van der Waals surface area contributed by atoms with Crippen LogP contribution in [0.1, 0.15) is 31.7 Å². The minimum Gasteiger partial charge on any atom is -0.207 e. The van der Waals surface area contributed by atoms with Crippen LogP contribution in [0.15, 0.2) is 30.3 Å². The van der Waals surface area contributed by atoms with Gasteiger partial charge in [-0.2, -0.15) is 0 Å². The van der Waals surface area contributed by atoms with E-state index >= 15 is 0 Å². The average Bonchev–Trinajstić information content (AvgIpc) is 2.13. The Bertz CT molecular complexity index is 249. The molecule has 0 nitrogen and oxygen atoms in total. The molecule has 78 valence electrons. The predicted octanol–water partition coefficient (Wildman–Crippen LogP) is 4.05. The lowest BCUT2D eigenvalue weighted by molar-refractivity contribution is 0.0105. The highest BCUT2D eigenvalue weighted by Gasteiger charge is 2.19. The van der Waals surface area contributed by atoms with E-state index in [-0.39, 0.29) is 6.42 Å². The maximum absolute atomic E-state index is 12.4. The lowest BCUT2D eigenvalue weighted by atomic mass is 10.1. The highest BCUT2D eigenvalue weighted by molar-refractivity contribution is 5.14. The molecule has 0 aliphatic carbocycles. The molecule has 0 atom stereocenters. The normalized spacial score (nSPS) is 11.6. The van der Waals surface area contributed by atoms with Gasteiger partial charge in [-0.25, -0.2) is 8.78 Å². The van der Waals surface area contributed by atoms with Crippen LogP contribution in [0.25, 0.3) is 0 Å². The van der Waals surface area contributed by atoms with E-state index in [4.69, 9.17) is 0 Å². The number of unbranched alkanes of at least 4 members (excludes halogenated alkanes) is 1. The zero-order valence-corrected chi connectivity index (χ0v) is 8.47. The Morgan fingerprint density at radius 3 is 2.29 bits per heavy atom. The summed E-state index contributed by atoms with van der Waals surface area (Å²) in [5.41, 5.74) is 1.23. The van der Waals surface area contributed by atoms with Gasteiger partial charge < -0.3 is 0 Å². The molecule has 0 aliphatic heterocycles. The minimum absolute atomic E-state index is 0.000165.